The first kappa shape index (κ1) is 27.0. The van der Waals surface area contributed by atoms with E-state index < -0.39 is 11.8 Å². The number of hydrogen-bond donors (Lipinski definition) is 5. The zero-order valence-corrected chi connectivity index (χ0v) is 20.7. The lowest BCUT2D eigenvalue weighted by molar-refractivity contribution is -0.109. The van der Waals surface area contributed by atoms with Crippen LogP contribution in [-0.2, 0) is 11.3 Å². The van der Waals surface area contributed by atoms with Gasteiger partial charge >= 0.3 is 0 Å². The van der Waals surface area contributed by atoms with Crippen LogP contribution in [0, 0.1) is 5.41 Å². The number of nitrogen functional groups attached to an aromatic ring is 1. The predicted molar refractivity (Wildman–Crippen MR) is 142 cm³/mol. The van der Waals surface area contributed by atoms with Gasteiger partial charge in [-0.05, 0) is 61.5 Å². The number of halogens is 1. The van der Waals surface area contributed by atoms with E-state index in [2.05, 4.69) is 10.6 Å². The molecule has 37 heavy (non-hydrogen) atoms. The minimum Gasteiger partial charge on any atom is -0.490 e. The van der Waals surface area contributed by atoms with Gasteiger partial charge in [0.15, 0.2) is 17.8 Å². The van der Waals surface area contributed by atoms with Crippen LogP contribution >= 0.6 is 11.6 Å². The van der Waals surface area contributed by atoms with Crippen molar-refractivity contribution in [2.24, 2.45) is 11.5 Å². The van der Waals surface area contributed by atoms with Crippen molar-refractivity contribution < 1.29 is 23.9 Å². The van der Waals surface area contributed by atoms with E-state index in [9.17, 15) is 14.4 Å². The molecular formula is C26H26ClN5O5. The lowest BCUT2D eigenvalue weighted by Gasteiger charge is -2.18. The van der Waals surface area contributed by atoms with Crippen LogP contribution in [0.15, 0.2) is 54.6 Å². The number of rotatable bonds is 12. The third kappa shape index (κ3) is 6.98. The Bertz CT molecular complexity index is 1330. The number of hydrogen-bond acceptors (Lipinski definition) is 7. The van der Waals surface area contributed by atoms with Crippen LogP contribution in [0.3, 0.4) is 0 Å². The summed E-state index contributed by atoms with van der Waals surface area (Å²) < 4.78 is 11.2. The van der Waals surface area contributed by atoms with E-state index in [0.717, 1.165) is 0 Å². The summed E-state index contributed by atoms with van der Waals surface area (Å²) in [5.74, 6) is -0.633. The number of carbonyl (C=O) groups is 3. The molecule has 10 nitrogen and oxygen atoms in total. The number of amides is 2. The average molecular weight is 524 g/mol. The lowest BCUT2D eigenvalue weighted by Crippen LogP contribution is -2.17. The average Bonchev–Trinajstić information content (AvgIpc) is 2.87. The molecule has 0 bridgehead atoms. The zero-order chi connectivity index (χ0) is 26.9. The molecule has 0 aliphatic carbocycles. The topological polar surface area (TPSA) is 170 Å². The van der Waals surface area contributed by atoms with Crippen molar-refractivity contribution in [3.8, 4) is 11.5 Å². The first-order valence-corrected chi connectivity index (χ1v) is 11.6. The summed E-state index contributed by atoms with van der Waals surface area (Å²) in [6.07, 6.45) is 0.597. The van der Waals surface area contributed by atoms with Gasteiger partial charge in [-0.3, -0.25) is 19.8 Å². The van der Waals surface area contributed by atoms with E-state index in [0.29, 0.717) is 40.4 Å². The fourth-order valence-electron chi connectivity index (χ4n) is 3.46. The molecule has 3 aromatic carbocycles. The minimum absolute atomic E-state index is 0.0800. The Hall–Kier alpha value is -4.57. The molecule has 0 saturated heterocycles. The first-order chi connectivity index (χ1) is 17.7. The molecular weight excluding hydrogens is 498 g/mol. The zero-order valence-electron chi connectivity index (χ0n) is 20.0. The Kier molecular flexibility index (Phi) is 9.06. The number of aldehydes is 1. The fourth-order valence-corrected chi connectivity index (χ4v) is 3.63. The molecule has 7 N–H and O–H groups in total. The number of anilines is 2. The smallest absolute Gasteiger partial charge is 0.257 e. The molecule has 11 heteroatoms. The van der Waals surface area contributed by atoms with E-state index >= 15 is 0 Å². The van der Waals surface area contributed by atoms with Crippen LogP contribution in [0.1, 0.15) is 38.8 Å². The summed E-state index contributed by atoms with van der Waals surface area (Å²) in [6.45, 7) is 1.94. The van der Waals surface area contributed by atoms with Gasteiger partial charge in [-0.2, -0.15) is 0 Å². The monoisotopic (exact) mass is 523 g/mol. The van der Waals surface area contributed by atoms with E-state index in [-0.39, 0.29) is 41.6 Å². The van der Waals surface area contributed by atoms with Gasteiger partial charge in [-0.15, -0.1) is 0 Å². The Morgan fingerprint density at radius 3 is 2.38 bits per heavy atom. The number of nitrogens with one attached hydrogen (secondary N) is 3. The second kappa shape index (κ2) is 12.4. The standard InChI is InChI=1S/C26H26ClN5O5/c1-2-36-22-12-16(25(30)34)11-17(23(22)37-10-9-33)14-31-21-8-5-18(27)13-20(21)26(35)32-19-6-3-15(4-7-19)24(28)29/h3-9,11-13,31H,2,10,14H2,1H3,(H3,28,29)(H2,30,34)(H,32,35). The van der Waals surface area contributed by atoms with Gasteiger partial charge in [0, 0.05) is 39.6 Å². The molecule has 0 fully saturated rings. The Labute approximate surface area is 218 Å². The number of nitrogens with two attached hydrogens (primary N) is 2. The highest BCUT2D eigenvalue weighted by Crippen LogP contribution is 2.34. The molecule has 3 aromatic rings. The van der Waals surface area contributed by atoms with Crippen molar-refractivity contribution >= 4 is 46.9 Å². The molecule has 0 radical (unpaired) electrons. The molecule has 0 saturated carbocycles. The summed E-state index contributed by atoms with van der Waals surface area (Å²) in [4.78, 5) is 35.9. The molecule has 0 aliphatic rings. The van der Waals surface area contributed by atoms with E-state index in [1.807, 2.05) is 0 Å². The maximum Gasteiger partial charge on any atom is 0.257 e. The normalized spacial score (nSPS) is 10.3. The third-order valence-corrected chi connectivity index (χ3v) is 5.40. The van der Waals surface area contributed by atoms with Crippen molar-refractivity contribution in [3.63, 3.8) is 0 Å². The molecule has 0 spiro atoms. The van der Waals surface area contributed by atoms with Crippen LogP contribution in [0.5, 0.6) is 11.5 Å². The maximum absolute atomic E-state index is 13.1. The van der Waals surface area contributed by atoms with Crippen molar-refractivity contribution in [1.29, 1.82) is 5.41 Å². The van der Waals surface area contributed by atoms with Gasteiger partial charge in [-0.25, -0.2) is 0 Å². The lowest BCUT2D eigenvalue weighted by atomic mass is 10.1. The first-order valence-electron chi connectivity index (χ1n) is 11.2. The van der Waals surface area contributed by atoms with E-state index in [1.54, 1.807) is 43.3 Å². The van der Waals surface area contributed by atoms with Crippen molar-refractivity contribution in [2.75, 3.05) is 23.8 Å². The Morgan fingerprint density at radius 2 is 1.76 bits per heavy atom. The number of carbonyl (C=O) groups excluding carboxylic acids is 3. The second-order valence-corrected chi connectivity index (χ2v) is 8.16. The third-order valence-electron chi connectivity index (χ3n) is 5.16. The van der Waals surface area contributed by atoms with Gasteiger partial charge in [0.1, 0.15) is 12.4 Å². The molecule has 3 rings (SSSR count). The van der Waals surface area contributed by atoms with Crippen LogP contribution in [0.2, 0.25) is 5.02 Å². The van der Waals surface area contributed by atoms with Crippen molar-refractivity contribution in [3.05, 3.63) is 81.9 Å². The number of benzene rings is 3. The second-order valence-electron chi connectivity index (χ2n) is 7.73. The predicted octanol–water partition coefficient (Wildman–Crippen LogP) is 3.56. The highest BCUT2D eigenvalue weighted by atomic mass is 35.5. The summed E-state index contributed by atoms with van der Waals surface area (Å²) in [7, 11) is 0. The molecule has 2 amide bonds. The van der Waals surface area contributed by atoms with Crippen molar-refractivity contribution in [1.82, 2.24) is 0 Å². The summed E-state index contributed by atoms with van der Waals surface area (Å²) in [5, 5.41) is 13.8. The van der Waals surface area contributed by atoms with Gasteiger partial charge in [0.2, 0.25) is 5.91 Å². The quantitative estimate of drug-likeness (QED) is 0.137. The van der Waals surface area contributed by atoms with Crippen LogP contribution in [-0.4, -0.2) is 37.1 Å². The number of primary amides is 1. The van der Waals surface area contributed by atoms with Crippen molar-refractivity contribution in [2.45, 2.75) is 13.5 Å². The van der Waals surface area contributed by atoms with Crippen LogP contribution in [0.4, 0.5) is 11.4 Å². The van der Waals surface area contributed by atoms with E-state index in [4.69, 9.17) is 38.0 Å². The highest BCUT2D eigenvalue weighted by Gasteiger charge is 2.18. The number of amidine groups is 1. The fraction of sp³-hybridized carbons (Fsp3) is 0.154. The Balaban J connectivity index is 1.90. The van der Waals surface area contributed by atoms with Gasteiger partial charge in [-0.1, -0.05) is 11.6 Å². The summed E-state index contributed by atoms with van der Waals surface area (Å²) in [6, 6.07) is 14.3. The van der Waals surface area contributed by atoms with Crippen LogP contribution < -0.4 is 31.6 Å². The highest BCUT2D eigenvalue weighted by molar-refractivity contribution is 6.31. The molecule has 0 aromatic heterocycles. The molecule has 0 unspecified atom stereocenters. The summed E-state index contributed by atoms with van der Waals surface area (Å²) in [5.41, 5.74) is 13.4. The maximum atomic E-state index is 13.1. The molecule has 0 heterocycles. The molecule has 192 valence electrons. The minimum atomic E-state index is -0.661. The molecule has 0 atom stereocenters. The van der Waals surface area contributed by atoms with E-state index in [1.165, 1.54) is 18.2 Å². The van der Waals surface area contributed by atoms with Crippen LogP contribution in [0.25, 0.3) is 0 Å². The largest absolute Gasteiger partial charge is 0.490 e. The van der Waals surface area contributed by atoms with Gasteiger partial charge in [0.25, 0.3) is 5.91 Å². The summed E-state index contributed by atoms with van der Waals surface area (Å²) >= 11 is 6.16. The molecule has 0 aliphatic heterocycles. The Morgan fingerprint density at radius 1 is 1.03 bits per heavy atom. The number of ether oxygens (including phenoxy) is 2. The van der Waals surface area contributed by atoms with Gasteiger partial charge < -0.3 is 31.6 Å². The SMILES string of the molecule is CCOc1cc(C(N)=O)cc(CNc2ccc(Cl)cc2C(=O)Nc2ccc(C(=N)N)cc2)c1OCC=O. The van der Waals surface area contributed by atoms with Gasteiger partial charge in [0.05, 0.1) is 12.2 Å².